The van der Waals surface area contributed by atoms with Crippen LogP contribution in [0.2, 0.25) is 10.8 Å². The smallest absolute Gasteiger partial charge is 0.0654 e. The normalized spacial score (nSPS) is 12.6. The van der Waals surface area contributed by atoms with Gasteiger partial charge < -0.3 is 5.53 Å². The summed E-state index contributed by atoms with van der Waals surface area (Å²) in [6.07, 6.45) is 62.7. The molecule has 3 heteroatoms. The Kier molecular flexibility index (Phi) is 43.0. The second kappa shape index (κ2) is 47.0. The zero-order chi connectivity index (χ0) is 49.5. The van der Waals surface area contributed by atoms with Gasteiger partial charge in [0, 0.05) is 22.8 Å². The molecule has 1 aliphatic rings. The number of nitrogens with zero attached hydrogens (tertiary/aromatic N) is 2. The van der Waals surface area contributed by atoms with E-state index in [9.17, 15) is 5.53 Å². The Hall–Kier alpha value is -1.99. The molecule has 0 amide bonds. The third kappa shape index (κ3) is 33.4. The summed E-state index contributed by atoms with van der Waals surface area (Å²) >= 11 is 2.05. The predicted molar refractivity (Wildman–Crippen MR) is 306 cm³/mol. The van der Waals surface area contributed by atoms with Crippen molar-refractivity contribution in [1.82, 2.24) is 0 Å². The van der Waals surface area contributed by atoms with E-state index in [1.807, 2.05) is 14.4 Å². The molecule has 0 fully saturated rings. The van der Waals surface area contributed by atoms with Crippen LogP contribution >= 0.6 is 0 Å². The summed E-state index contributed by atoms with van der Waals surface area (Å²) in [5, 5.41) is 2.87. The number of hydrogen-bond donors (Lipinski definition) is 0. The monoisotopic (exact) mass is 993 g/mol. The van der Waals surface area contributed by atoms with Gasteiger partial charge in [0.1, 0.15) is 0 Å². The molecule has 2 aromatic rings. The fourth-order valence-corrected chi connectivity index (χ4v) is 11.1. The van der Waals surface area contributed by atoms with E-state index in [0.717, 1.165) is 54.6 Å². The van der Waals surface area contributed by atoms with E-state index in [1.165, 1.54) is 276 Å². The van der Waals surface area contributed by atoms with Crippen LogP contribution in [0.15, 0.2) is 60.2 Å². The maximum atomic E-state index is 11.2. The minimum absolute atomic E-state index is 0.883. The summed E-state index contributed by atoms with van der Waals surface area (Å²) in [5.74, 6) is 0. The van der Waals surface area contributed by atoms with Crippen molar-refractivity contribution < 1.29 is 19.1 Å². The first-order valence-electron chi connectivity index (χ1n) is 30.7. The molecule has 0 unspecified atom stereocenters. The van der Waals surface area contributed by atoms with Crippen LogP contribution < -0.4 is 0 Å². The second-order valence-electron chi connectivity index (χ2n) is 21.2. The average molecular weight is 994 g/mol. The van der Waals surface area contributed by atoms with Crippen molar-refractivity contribution in [3.05, 3.63) is 88.0 Å². The van der Waals surface area contributed by atoms with Crippen molar-refractivity contribution in [3.63, 3.8) is 0 Å². The van der Waals surface area contributed by atoms with Crippen molar-refractivity contribution in [2.75, 3.05) is 0 Å². The fraction of sp³-hybridized carbons (Fsp3) is 0.758. The zero-order valence-corrected chi connectivity index (χ0v) is 47.7. The molecule has 0 aliphatic carbocycles. The average Bonchev–Trinajstić information content (AvgIpc) is 3.71. The van der Waals surface area contributed by atoms with E-state index in [2.05, 4.69) is 89.2 Å². The first-order valence-corrected chi connectivity index (χ1v) is 32.1. The second-order valence-corrected chi connectivity index (χ2v) is 22.7. The summed E-state index contributed by atoms with van der Waals surface area (Å²) in [7, 11) is 0. The molecule has 1 heterocycles. The fourth-order valence-electron chi connectivity index (χ4n) is 9.90. The van der Waals surface area contributed by atoms with E-state index < -0.39 is 0 Å². The van der Waals surface area contributed by atoms with Gasteiger partial charge in [-0.2, -0.15) is 0 Å². The summed E-state index contributed by atoms with van der Waals surface area (Å²) < 4.78 is 1.41. The molecule has 0 aromatic heterocycles. The minimum atomic E-state index is 0.883. The van der Waals surface area contributed by atoms with Gasteiger partial charge in [0.15, 0.2) is 0 Å². The topological polar surface area (TPSA) is 25.3 Å². The van der Waals surface area contributed by atoms with Crippen LogP contribution in [-0.4, -0.2) is 4.70 Å². The van der Waals surface area contributed by atoms with E-state index in [0.29, 0.717) is 0 Å². The Morgan fingerprint density at radius 3 is 0.913 bits per heavy atom. The third-order valence-corrected chi connectivity index (χ3v) is 16.0. The summed E-state index contributed by atoms with van der Waals surface area (Å²) in [4.78, 5) is 0. The van der Waals surface area contributed by atoms with Gasteiger partial charge in [0.25, 0.3) is 0 Å². The Morgan fingerprint density at radius 2 is 0.594 bits per heavy atom. The zero-order valence-electron chi connectivity index (χ0n) is 46.7. The summed E-state index contributed by atoms with van der Waals surface area (Å²) in [5.41, 5.74) is 19.1. The van der Waals surface area contributed by atoms with Crippen molar-refractivity contribution in [1.29, 1.82) is 0 Å². The van der Waals surface area contributed by atoms with Crippen LogP contribution in [0, 0.1) is 0 Å². The molecule has 0 spiro atoms. The van der Waals surface area contributed by atoms with Crippen LogP contribution in [-0.2, 0) is 27.3 Å². The van der Waals surface area contributed by atoms with Gasteiger partial charge in [0.2, 0.25) is 11.4 Å². The number of allylic oxidation sites excluding steroid dienone is 2. The molecule has 3 rings (SSSR count). The van der Waals surface area contributed by atoms with Crippen LogP contribution in [0.25, 0.3) is 16.9 Å². The number of unbranched alkanes of at least 4 members (excludes halogenated alkanes) is 35. The van der Waals surface area contributed by atoms with E-state index in [1.54, 1.807) is 0 Å². The van der Waals surface area contributed by atoms with E-state index in [-0.39, 0.29) is 0 Å². The molecule has 2 nitrogen and oxygen atoms in total. The first-order chi connectivity index (χ1) is 34.1. The van der Waals surface area contributed by atoms with Gasteiger partial charge >= 0.3 is 166 Å². The van der Waals surface area contributed by atoms with Gasteiger partial charge in [-0.1, -0.05) is 155 Å². The molecule has 2 aromatic carbocycles. The minimum Gasteiger partial charge on any atom is -0.0654 e. The molecule has 0 saturated carbocycles. The summed E-state index contributed by atoms with van der Waals surface area (Å²) in [6.45, 7) is 11.3. The molecular weight excluding hydrogens is 879 g/mol. The van der Waals surface area contributed by atoms with Gasteiger partial charge in [-0.25, -0.2) is 4.70 Å². The van der Waals surface area contributed by atoms with Crippen molar-refractivity contribution in [2.45, 2.75) is 321 Å². The Bertz CT molecular complexity index is 1470. The predicted octanol–water partition coefficient (Wildman–Crippen LogP) is 23.6. The number of rotatable bonds is 47. The van der Waals surface area contributed by atoms with E-state index >= 15 is 0 Å². The van der Waals surface area contributed by atoms with Crippen LogP contribution in [0.5, 0.6) is 0 Å². The third-order valence-electron chi connectivity index (χ3n) is 14.6. The molecule has 1 aliphatic heterocycles. The Labute approximate surface area is 437 Å². The maximum absolute atomic E-state index is 11.2. The summed E-state index contributed by atoms with van der Waals surface area (Å²) in [6, 6.07) is 17.5. The SMILES string of the molecule is CCCCC1=C(c2ccc(CCCC)cc2)[N+](=[N-])C(c2ccc(CCCC)cc2)=C1.CCCCCCCCCCCCCCCCCC[CH2][Ni][CH2]CCCCCCCCCCCCCCCCCC. The Morgan fingerprint density at radius 1 is 0.319 bits per heavy atom. The molecule has 0 N–H and O–H groups in total. The van der Waals surface area contributed by atoms with Gasteiger partial charge in [-0.3, -0.25) is 0 Å². The quantitative estimate of drug-likeness (QED) is 0.0359. The molecular formula is C66H114N2Ni. The van der Waals surface area contributed by atoms with Crippen molar-refractivity contribution >= 4 is 11.4 Å². The number of hydrogen-bond acceptors (Lipinski definition) is 0. The van der Waals surface area contributed by atoms with Crippen molar-refractivity contribution in [2.24, 2.45) is 0 Å². The Balaban J connectivity index is 0.000000487. The molecule has 0 saturated heterocycles. The standard InChI is InChI=1S/C28H36N2.2C19H39.Ni/c1-4-7-10-22-13-17-24(18-14-22)27-21-26(12-9-6-3)28(30(27)29)25-19-15-23(16-20-25)11-8-5-2;2*1-3-5-7-9-11-13-15-17-19-18-16-14-12-10-8-6-4-2;/h13-21H,4-12H2,1-3H3;2*1,3-19H2,2H3;. The van der Waals surface area contributed by atoms with Crippen molar-refractivity contribution in [3.8, 4) is 0 Å². The van der Waals surface area contributed by atoms with Crippen LogP contribution in [0.3, 0.4) is 0 Å². The van der Waals surface area contributed by atoms with Gasteiger partial charge in [-0.15, -0.1) is 0 Å². The van der Waals surface area contributed by atoms with Gasteiger partial charge in [0.05, 0.1) is 0 Å². The molecule has 398 valence electrons. The number of benzene rings is 2. The van der Waals surface area contributed by atoms with Crippen LogP contribution in [0.1, 0.15) is 320 Å². The van der Waals surface area contributed by atoms with Crippen LogP contribution in [0.4, 0.5) is 0 Å². The van der Waals surface area contributed by atoms with E-state index in [4.69, 9.17) is 0 Å². The number of aryl methyl sites for hydroxylation is 2. The molecule has 69 heavy (non-hydrogen) atoms. The first kappa shape index (κ1) is 63.1. The molecule has 0 atom stereocenters. The van der Waals surface area contributed by atoms with Gasteiger partial charge in [-0.05, 0) is 73.9 Å². The molecule has 0 bridgehead atoms. The molecule has 0 radical (unpaired) electrons.